The number of benzene rings is 1. The van der Waals surface area contributed by atoms with Gasteiger partial charge in [-0.05, 0) is 56.9 Å². The van der Waals surface area contributed by atoms with Gasteiger partial charge in [0.2, 0.25) is 5.95 Å². The topological polar surface area (TPSA) is 77.4 Å². The molecule has 1 aromatic carbocycles. The van der Waals surface area contributed by atoms with Crippen molar-refractivity contribution in [2.75, 3.05) is 36.4 Å². The number of aromatic amines is 1. The van der Waals surface area contributed by atoms with Crippen LogP contribution in [0.15, 0.2) is 48.7 Å². The summed E-state index contributed by atoms with van der Waals surface area (Å²) in [5, 5.41) is 15.4. The number of nitrogens with zero attached hydrogens (tertiary/aromatic N) is 6. The zero-order valence-corrected chi connectivity index (χ0v) is 28.7. The van der Waals surface area contributed by atoms with E-state index in [1.165, 1.54) is 82.8 Å². The highest BCUT2D eigenvalue weighted by atomic mass is 19.4. The molecule has 1 aliphatic rings. The van der Waals surface area contributed by atoms with E-state index in [1.54, 1.807) is 6.07 Å². The number of piperazine rings is 1. The number of anilines is 3. The highest BCUT2D eigenvalue weighted by molar-refractivity contribution is 5.73. The van der Waals surface area contributed by atoms with Gasteiger partial charge in [0.1, 0.15) is 5.52 Å². The number of halogens is 3. The molecule has 11 heteroatoms. The first-order chi connectivity index (χ1) is 23.3. The molecule has 1 saturated heterocycles. The summed E-state index contributed by atoms with van der Waals surface area (Å²) in [6, 6.07) is 12.3. The van der Waals surface area contributed by atoms with Crippen molar-refractivity contribution in [1.29, 1.82) is 0 Å². The van der Waals surface area contributed by atoms with Crippen molar-refractivity contribution >= 4 is 23.1 Å². The van der Waals surface area contributed by atoms with E-state index in [0.717, 1.165) is 85.9 Å². The van der Waals surface area contributed by atoms with Crippen LogP contribution < -0.4 is 10.2 Å². The number of unbranched alkanes of at least 4 members (excludes halogenated alkanes) is 11. The summed E-state index contributed by atoms with van der Waals surface area (Å²) in [5.74, 6) is 2.25. The van der Waals surface area contributed by atoms with Gasteiger partial charge in [-0.3, -0.25) is 10.00 Å². The lowest BCUT2D eigenvalue weighted by molar-refractivity contribution is -0.137. The molecule has 3 aromatic heterocycles. The highest BCUT2D eigenvalue weighted by Crippen LogP contribution is 2.30. The summed E-state index contributed by atoms with van der Waals surface area (Å²) in [7, 11) is 0. The predicted octanol–water partition coefficient (Wildman–Crippen LogP) is 9.35. The lowest BCUT2D eigenvalue weighted by Gasteiger charge is -2.38. The largest absolute Gasteiger partial charge is 0.416 e. The van der Waals surface area contributed by atoms with Crippen molar-refractivity contribution in [2.24, 2.45) is 0 Å². The van der Waals surface area contributed by atoms with Crippen LogP contribution in [0.1, 0.15) is 107 Å². The number of fused-ring (bicyclic) bond motifs is 1. The molecular weight excluding hydrogens is 613 g/mol. The Bertz CT molecular complexity index is 1520. The molecule has 1 fully saturated rings. The highest BCUT2D eigenvalue weighted by Gasteiger charge is 2.30. The maximum atomic E-state index is 12.9. The van der Waals surface area contributed by atoms with E-state index in [0.29, 0.717) is 6.04 Å². The Labute approximate surface area is 283 Å². The Morgan fingerprint density at radius 3 is 2.15 bits per heavy atom. The number of hydrogen-bond donors (Lipinski definition) is 2. The van der Waals surface area contributed by atoms with E-state index in [2.05, 4.69) is 32.2 Å². The Morgan fingerprint density at radius 2 is 1.50 bits per heavy atom. The van der Waals surface area contributed by atoms with E-state index in [4.69, 9.17) is 10.1 Å². The second kappa shape index (κ2) is 17.7. The van der Waals surface area contributed by atoms with Crippen molar-refractivity contribution in [3.05, 3.63) is 65.5 Å². The van der Waals surface area contributed by atoms with Crippen LogP contribution in [-0.2, 0) is 12.6 Å². The van der Waals surface area contributed by atoms with E-state index < -0.39 is 11.7 Å². The third-order valence-corrected chi connectivity index (χ3v) is 9.64. The van der Waals surface area contributed by atoms with Crippen LogP contribution in [0.4, 0.5) is 30.8 Å². The Kier molecular flexibility index (Phi) is 13.2. The van der Waals surface area contributed by atoms with Crippen LogP contribution in [0.2, 0.25) is 0 Å². The van der Waals surface area contributed by atoms with Crippen molar-refractivity contribution in [3.63, 3.8) is 0 Å². The molecule has 0 aliphatic carbocycles. The zero-order valence-electron chi connectivity index (χ0n) is 28.7. The average Bonchev–Trinajstić information content (AvgIpc) is 3.73. The van der Waals surface area contributed by atoms with Gasteiger partial charge < -0.3 is 10.2 Å². The molecule has 4 heterocycles. The fourth-order valence-electron chi connectivity index (χ4n) is 6.74. The average molecular weight is 667 g/mol. The molecule has 0 spiro atoms. The van der Waals surface area contributed by atoms with E-state index >= 15 is 0 Å². The summed E-state index contributed by atoms with van der Waals surface area (Å²) in [6.07, 6.45) is 14.6. The van der Waals surface area contributed by atoms with Crippen LogP contribution in [0.3, 0.4) is 0 Å². The van der Waals surface area contributed by atoms with Crippen LogP contribution in [-0.4, -0.2) is 61.9 Å². The standard InChI is InChI=1S/C37H53F3N8/c1-29-27-34(44-43-29)41-35-33-21-16-22-48(33)45-36(42-35)47-25-23-46(24-26-47)30(2)17-13-11-9-7-5-3-4-6-8-10-12-14-18-31-19-15-20-32(28-31)37(38,39)40/h15-16,19-22,27-28,30H,3-14,17-18,23-26H2,1-2H3,(H2,41,42,43,44,45). The third kappa shape index (κ3) is 10.7. The number of aryl methyl sites for hydroxylation is 2. The van der Waals surface area contributed by atoms with Gasteiger partial charge in [-0.2, -0.15) is 23.3 Å². The number of rotatable bonds is 19. The minimum absolute atomic E-state index is 0.538. The van der Waals surface area contributed by atoms with Gasteiger partial charge in [-0.1, -0.05) is 88.8 Å². The SMILES string of the molecule is Cc1cc(Nc2nc(N3CCN(C(C)CCCCCCCCCCCCCCc4cccc(C(F)(F)F)c4)CC3)nn3cccc23)n[nH]1. The molecule has 1 atom stereocenters. The third-order valence-electron chi connectivity index (χ3n) is 9.64. The molecule has 4 aromatic rings. The summed E-state index contributed by atoms with van der Waals surface area (Å²) in [5.41, 5.74) is 2.17. The van der Waals surface area contributed by atoms with Gasteiger partial charge in [-0.15, -0.1) is 5.10 Å². The predicted molar refractivity (Wildman–Crippen MR) is 188 cm³/mol. The molecular formula is C37H53F3N8. The Hall–Kier alpha value is -3.60. The molecule has 8 nitrogen and oxygen atoms in total. The second-order valence-electron chi connectivity index (χ2n) is 13.5. The molecule has 2 N–H and O–H groups in total. The molecule has 0 bridgehead atoms. The maximum absolute atomic E-state index is 12.9. The van der Waals surface area contributed by atoms with Crippen LogP contribution in [0.25, 0.3) is 5.52 Å². The monoisotopic (exact) mass is 666 g/mol. The maximum Gasteiger partial charge on any atom is 0.416 e. The number of hydrogen-bond acceptors (Lipinski definition) is 6. The molecule has 0 saturated carbocycles. The lowest BCUT2D eigenvalue weighted by atomic mass is 10.0. The molecule has 1 aliphatic heterocycles. The fourth-order valence-corrected chi connectivity index (χ4v) is 6.74. The van der Waals surface area contributed by atoms with Gasteiger partial charge in [-0.25, -0.2) is 4.52 Å². The number of H-pyrrole nitrogens is 1. The summed E-state index contributed by atoms with van der Waals surface area (Å²) in [4.78, 5) is 9.79. The van der Waals surface area contributed by atoms with Crippen molar-refractivity contribution < 1.29 is 13.2 Å². The van der Waals surface area contributed by atoms with E-state index in [-0.39, 0.29) is 0 Å². The Balaban J connectivity index is 0.875. The second-order valence-corrected chi connectivity index (χ2v) is 13.5. The first kappa shape index (κ1) is 35.7. The van der Waals surface area contributed by atoms with Crippen molar-refractivity contribution in [1.82, 2.24) is 29.7 Å². The minimum Gasteiger partial charge on any atom is -0.337 e. The van der Waals surface area contributed by atoms with Gasteiger partial charge in [0.05, 0.1) is 5.56 Å². The van der Waals surface area contributed by atoms with Crippen LogP contribution in [0, 0.1) is 6.92 Å². The molecule has 0 radical (unpaired) electrons. The van der Waals surface area contributed by atoms with E-state index in [1.807, 2.05) is 35.8 Å². The summed E-state index contributed by atoms with van der Waals surface area (Å²) < 4.78 is 40.5. The Morgan fingerprint density at radius 1 is 0.833 bits per heavy atom. The molecule has 5 rings (SSSR count). The van der Waals surface area contributed by atoms with Gasteiger partial charge in [0.25, 0.3) is 0 Å². The van der Waals surface area contributed by atoms with Crippen molar-refractivity contribution in [3.8, 4) is 0 Å². The van der Waals surface area contributed by atoms with Crippen LogP contribution in [0.5, 0.6) is 0 Å². The zero-order chi connectivity index (χ0) is 33.8. The molecule has 1 unspecified atom stereocenters. The first-order valence-electron chi connectivity index (χ1n) is 18.1. The number of aromatic nitrogens is 5. The number of nitrogens with one attached hydrogen (secondary N) is 2. The molecule has 262 valence electrons. The van der Waals surface area contributed by atoms with Crippen molar-refractivity contribution in [2.45, 2.75) is 116 Å². The van der Waals surface area contributed by atoms with Gasteiger partial charge in [0.15, 0.2) is 11.6 Å². The van der Waals surface area contributed by atoms with Gasteiger partial charge in [0, 0.05) is 50.2 Å². The van der Waals surface area contributed by atoms with Crippen LogP contribution >= 0.6 is 0 Å². The first-order valence-corrected chi connectivity index (χ1v) is 18.1. The fraction of sp³-hybridized carbons (Fsp3) is 0.595. The molecule has 48 heavy (non-hydrogen) atoms. The lowest BCUT2D eigenvalue weighted by Crippen LogP contribution is -2.50. The quantitative estimate of drug-likeness (QED) is 0.0972. The van der Waals surface area contributed by atoms with Gasteiger partial charge >= 0.3 is 6.18 Å². The minimum atomic E-state index is -4.26. The smallest absolute Gasteiger partial charge is 0.337 e. The molecule has 0 amide bonds. The summed E-state index contributed by atoms with van der Waals surface area (Å²) in [6.45, 7) is 8.22. The normalized spacial score (nSPS) is 15.0. The summed E-state index contributed by atoms with van der Waals surface area (Å²) >= 11 is 0. The van der Waals surface area contributed by atoms with E-state index in [9.17, 15) is 13.2 Å². The number of alkyl halides is 3.